The van der Waals surface area contributed by atoms with E-state index in [0.29, 0.717) is 5.88 Å². The largest absolute Gasteiger partial charge is 0.481 e. The minimum Gasteiger partial charge on any atom is -0.481 e. The number of rotatable bonds is 4. The number of methoxy groups -OCH3 is 1. The second kappa shape index (κ2) is 6.63. The number of hydrogen-bond acceptors (Lipinski definition) is 5. The van der Waals surface area contributed by atoms with E-state index in [-0.39, 0.29) is 0 Å². The van der Waals surface area contributed by atoms with Crippen molar-refractivity contribution in [2.75, 3.05) is 12.4 Å². The molecule has 26 heavy (non-hydrogen) atoms. The van der Waals surface area contributed by atoms with Crippen LogP contribution in [0.25, 0.3) is 22.2 Å². The molecule has 0 spiro atoms. The summed E-state index contributed by atoms with van der Waals surface area (Å²) in [6, 6.07) is 9.68. The van der Waals surface area contributed by atoms with E-state index in [9.17, 15) is 0 Å². The molecule has 1 aromatic carbocycles. The molecular weight excluding hydrogens is 368 g/mol. The molecule has 0 amide bonds. The normalized spacial score (nSPS) is 11.1. The number of nitrogens with one attached hydrogen (secondary N) is 1. The average Bonchev–Trinajstić information content (AvgIpc) is 3.18. The number of fused-ring (bicyclic) bond motifs is 1. The van der Waals surface area contributed by atoms with Crippen molar-refractivity contribution in [1.82, 2.24) is 14.5 Å². The number of anilines is 2. The summed E-state index contributed by atoms with van der Waals surface area (Å²) in [6.45, 7) is 2.10. The van der Waals surface area contributed by atoms with Crippen LogP contribution < -0.4 is 10.1 Å². The van der Waals surface area contributed by atoms with Crippen LogP contribution in [-0.2, 0) is 7.05 Å². The van der Waals surface area contributed by atoms with Crippen LogP contribution in [0.4, 0.5) is 10.8 Å². The number of benzene rings is 1. The summed E-state index contributed by atoms with van der Waals surface area (Å²) in [7, 11) is 3.66. The second-order valence-electron chi connectivity index (χ2n) is 5.93. The lowest BCUT2D eigenvalue weighted by Gasteiger charge is -2.03. The molecule has 0 saturated carbocycles. The molecule has 5 nitrogen and oxygen atoms in total. The van der Waals surface area contributed by atoms with E-state index in [2.05, 4.69) is 34.2 Å². The van der Waals surface area contributed by atoms with Crippen molar-refractivity contribution in [3.05, 3.63) is 52.6 Å². The highest BCUT2D eigenvalue weighted by Crippen LogP contribution is 2.37. The Bertz CT molecular complexity index is 1090. The van der Waals surface area contributed by atoms with Crippen molar-refractivity contribution in [1.29, 1.82) is 0 Å². The fourth-order valence-electron chi connectivity index (χ4n) is 3.01. The van der Waals surface area contributed by atoms with Gasteiger partial charge in [-0.15, -0.1) is 11.3 Å². The summed E-state index contributed by atoms with van der Waals surface area (Å²) in [5.41, 5.74) is 5.21. The zero-order valence-electron chi connectivity index (χ0n) is 14.6. The molecule has 0 saturated heterocycles. The zero-order chi connectivity index (χ0) is 18.3. The lowest BCUT2D eigenvalue weighted by Crippen LogP contribution is -1.93. The molecule has 3 aromatic heterocycles. The van der Waals surface area contributed by atoms with Crippen LogP contribution in [0, 0.1) is 6.92 Å². The molecule has 0 fully saturated rings. The number of pyridine rings is 1. The van der Waals surface area contributed by atoms with Gasteiger partial charge in [0.15, 0.2) is 5.13 Å². The summed E-state index contributed by atoms with van der Waals surface area (Å²) >= 11 is 7.78. The topological polar surface area (TPSA) is 52.0 Å². The summed E-state index contributed by atoms with van der Waals surface area (Å²) in [5.74, 6) is 0.582. The Hall–Kier alpha value is -2.57. The average molecular weight is 385 g/mol. The van der Waals surface area contributed by atoms with Gasteiger partial charge in [-0.3, -0.25) is 0 Å². The van der Waals surface area contributed by atoms with Crippen molar-refractivity contribution < 1.29 is 4.74 Å². The van der Waals surface area contributed by atoms with Crippen LogP contribution >= 0.6 is 22.9 Å². The van der Waals surface area contributed by atoms with Gasteiger partial charge >= 0.3 is 0 Å². The first-order valence-electron chi connectivity index (χ1n) is 8.04. The molecule has 1 N–H and O–H groups in total. The van der Waals surface area contributed by atoms with Gasteiger partial charge in [0.25, 0.3) is 0 Å². The molecule has 0 unspecified atom stereocenters. The van der Waals surface area contributed by atoms with Gasteiger partial charge in [-0.25, -0.2) is 9.97 Å². The monoisotopic (exact) mass is 384 g/mol. The first-order valence-corrected chi connectivity index (χ1v) is 9.30. The smallest absolute Gasteiger partial charge is 0.213 e. The van der Waals surface area contributed by atoms with E-state index in [1.165, 1.54) is 0 Å². The third-order valence-electron chi connectivity index (χ3n) is 4.41. The van der Waals surface area contributed by atoms with E-state index >= 15 is 0 Å². The summed E-state index contributed by atoms with van der Waals surface area (Å²) < 4.78 is 7.25. The van der Waals surface area contributed by atoms with Gasteiger partial charge in [0.2, 0.25) is 5.88 Å². The molecule has 0 atom stereocenters. The van der Waals surface area contributed by atoms with E-state index in [1.807, 2.05) is 30.3 Å². The Labute approximate surface area is 160 Å². The van der Waals surface area contributed by atoms with Crippen LogP contribution in [0.1, 0.15) is 5.69 Å². The lowest BCUT2D eigenvalue weighted by molar-refractivity contribution is 0.398. The first-order chi connectivity index (χ1) is 12.6. The quantitative estimate of drug-likeness (QED) is 0.511. The zero-order valence-corrected chi connectivity index (χ0v) is 16.1. The highest BCUT2D eigenvalue weighted by atomic mass is 35.5. The predicted octanol–water partition coefficient (Wildman–Crippen LogP) is 5.41. The molecule has 0 aliphatic heterocycles. The van der Waals surface area contributed by atoms with Crippen molar-refractivity contribution in [3.8, 4) is 17.1 Å². The Kier molecular flexibility index (Phi) is 4.30. The number of ether oxygens (including phenoxy) is 1. The van der Waals surface area contributed by atoms with E-state index in [1.54, 1.807) is 24.6 Å². The number of halogens is 1. The van der Waals surface area contributed by atoms with Crippen molar-refractivity contribution >= 4 is 44.7 Å². The van der Waals surface area contributed by atoms with Crippen LogP contribution in [0.3, 0.4) is 0 Å². The number of thiazole rings is 1. The third kappa shape index (κ3) is 2.91. The highest BCUT2D eigenvalue weighted by Gasteiger charge is 2.16. The second-order valence-corrected chi connectivity index (χ2v) is 7.23. The Morgan fingerprint density at radius 3 is 2.81 bits per heavy atom. The minimum atomic E-state index is 0.582. The Morgan fingerprint density at radius 1 is 1.23 bits per heavy atom. The molecule has 7 heteroatoms. The van der Waals surface area contributed by atoms with Gasteiger partial charge < -0.3 is 14.6 Å². The molecule has 0 aliphatic rings. The highest BCUT2D eigenvalue weighted by molar-refractivity contribution is 7.14. The molecule has 0 aliphatic carbocycles. The van der Waals surface area contributed by atoms with Gasteiger partial charge in [0.05, 0.1) is 24.7 Å². The van der Waals surface area contributed by atoms with E-state index < -0.39 is 0 Å². The van der Waals surface area contributed by atoms with E-state index in [4.69, 9.17) is 21.3 Å². The molecule has 0 radical (unpaired) electrons. The predicted molar refractivity (Wildman–Crippen MR) is 108 cm³/mol. The first kappa shape index (κ1) is 16.9. The maximum absolute atomic E-state index is 6.22. The van der Waals surface area contributed by atoms with Crippen LogP contribution in [0.5, 0.6) is 5.88 Å². The number of aryl methyl sites for hydroxylation is 1. The third-order valence-corrected chi connectivity index (χ3v) is 5.40. The van der Waals surface area contributed by atoms with Crippen LogP contribution in [0.2, 0.25) is 5.02 Å². The fourth-order valence-corrected chi connectivity index (χ4v) is 3.91. The lowest BCUT2D eigenvalue weighted by atomic mass is 10.1. The van der Waals surface area contributed by atoms with Gasteiger partial charge in [-0.2, -0.15) is 0 Å². The van der Waals surface area contributed by atoms with Crippen molar-refractivity contribution in [2.45, 2.75) is 6.92 Å². The van der Waals surface area contributed by atoms with Gasteiger partial charge in [-0.1, -0.05) is 11.6 Å². The summed E-state index contributed by atoms with van der Waals surface area (Å²) in [6.07, 6.45) is 1.73. The number of aromatic nitrogens is 3. The summed E-state index contributed by atoms with van der Waals surface area (Å²) in [4.78, 5) is 8.96. The maximum Gasteiger partial charge on any atom is 0.213 e. The minimum absolute atomic E-state index is 0.582. The molecule has 0 bridgehead atoms. The molecule has 132 valence electrons. The molecular formula is C19H17ClN4OS. The van der Waals surface area contributed by atoms with E-state index in [0.717, 1.165) is 43.7 Å². The van der Waals surface area contributed by atoms with Crippen molar-refractivity contribution in [2.24, 2.45) is 7.05 Å². The van der Waals surface area contributed by atoms with Gasteiger partial charge in [0, 0.05) is 45.7 Å². The fraction of sp³-hybridized carbons (Fsp3) is 0.158. The standard InChI is InChI=1S/C19H17ClN4OS/c1-11-18(14-8-12(20)4-6-16(14)24(11)2)15-10-26-19(23-15)22-13-5-7-17(25-3)21-9-13/h4-10H,1-3H3,(H,22,23). The molecule has 4 rings (SSSR count). The van der Waals surface area contributed by atoms with Crippen LogP contribution in [0.15, 0.2) is 41.9 Å². The molecule has 4 aromatic rings. The molecule has 3 heterocycles. The maximum atomic E-state index is 6.22. The van der Waals surface area contributed by atoms with Gasteiger partial charge in [0.1, 0.15) is 0 Å². The summed E-state index contributed by atoms with van der Waals surface area (Å²) in [5, 5.41) is 7.99. The van der Waals surface area contributed by atoms with Crippen molar-refractivity contribution in [3.63, 3.8) is 0 Å². The number of hydrogen-bond donors (Lipinski definition) is 1. The Morgan fingerprint density at radius 2 is 2.08 bits per heavy atom. The van der Waals surface area contributed by atoms with Crippen LogP contribution in [-0.4, -0.2) is 21.6 Å². The number of nitrogens with zero attached hydrogens (tertiary/aromatic N) is 3. The van der Waals surface area contributed by atoms with Gasteiger partial charge in [-0.05, 0) is 31.2 Å². The SMILES string of the molecule is COc1ccc(Nc2nc(-c3c(C)n(C)c4ccc(Cl)cc34)cs2)cn1. The Balaban J connectivity index is 1.71.